The molecule has 0 saturated carbocycles. The van der Waals surface area contributed by atoms with E-state index in [9.17, 15) is 9.59 Å². The van der Waals surface area contributed by atoms with Crippen LogP contribution in [-0.4, -0.2) is 37.6 Å². The second-order valence-corrected chi connectivity index (χ2v) is 8.09. The normalized spacial score (nSPS) is 11.8. The molecule has 0 radical (unpaired) electrons. The van der Waals surface area contributed by atoms with Crippen molar-refractivity contribution in [1.29, 1.82) is 0 Å². The van der Waals surface area contributed by atoms with Gasteiger partial charge >= 0.3 is 11.9 Å². The highest BCUT2D eigenvalue weighted by Crippen LogP contribution is 2.35. The SMILES string of the molecule is COc1c(Cl)ccc(Cl)c1C(=O)O/N=C(\C)C/C(C)=N/OC(=O)c1c(Cl)ccc(Cl)c1OC. The Kier molecular flexibility index (Phi) is 9.79. The lowest BCUT2D eigenvalue weighted by Crippen LogP contribution is -2.10. The average molecular weight is 536 g/mol. The molecule has 12 heteroatoms. The quantitative estimate of drug-likeness (QED) is 0.218. The van der Waals surface area contributed by atoms with Crippen LogP contribution >= 0.6 is 46.4 Å². The van der Waals surface area contributed by atoms with Gasteiger partial charge in [-0.05, 0) is 38.1 Å². The molecule has 2 aromatic carbocycles. The fourth-order valence-corrected chi connectivity index (χ4v) is 3.53. The Balaban J connectivity index is 2.07. The van der Waals surface area contributed by atoms with E-state index in [2.05, 4.69) is 10.3 Å². The number of benzene rings is 2. The van der Waals surface area contributed by atoms with Crippen molar-refractivity contribution in [3.05, 3.63) is 55.5 Å². The molecule has 2 aromatic rings. The van der Waals surface area contributed by atoms with Crippen molar-refractivity contribution in [3.63, 3.8) is 0 Å². The Hall–Kier alpha value is -2.52. The summed E-state index contributed by atoms with van der Waals surface area (Å²) in [7, 11) is 2.69. The van der Waals surface area contributed by atoms with E-state index in [0.717, 1.165) is 0 Å². The fourth-order valence-electron chi connectivity index (χ4n) is 2.61. The lowest BCUT2D eigenvalue weighted by Gasteiger charge is -2.10. The second-order valence-electron chi connectivity index (χ2n) is 6.46. The summed E-state index contributed by atoms with van der Waals surface area (Å²) in [6.07, 6.45) is 0.126. The molecule has 0 fully saturated rings. The summed E-state index contributed by atoms with van der Waals surface area (Å²) in [6.45, 7) is 3.17. The first-order valence-corrected chi connectivity index (χ1v) is 10.6. The van der Waals surface area contributed by atoms with Crippen molar-refractivity contribution >= 4 is 69.8 Å². The summed E-state index contributed by atoms with van der Waals surface area (Å²) in [5.74, 6) is -1.58. The van der Waals surface area contributed by atoms with Gasteiger partial charge in [0.15, 0.2) is 11.5 Å². The van der Waals surface area contributed by atoms with Crippen molar-refractivity contribution in [2.45, 2.75) is 20.3 Å². The van der Waals surface area contributed by atoms with Crippen molar-refractivity contribution < 1.29 is 28.7 Å². The zero-order valence-electron chi connectivity index (χ0n) is 17.9. The van der Waals surface area contributed by atoms with Crippen molar-refractivity contribution in [1.82, 2.24) is 0 Å². The number of carbonyl (C=O) groups is 2. The van der Waals surface area contributed by atoms with Crippen LogP contribution in [0.25, 0.3) is 0 Å². The van der Waals surface area contributed by atoms with Gasteiger partial charge in [-0.15, -0.1) is 0 Å². The Bertz CT molecular complexity index is 1050. The van der Waals surface area contributed by atoms with Crippen molar-refractivity contribution in [2.24, 2.45) is 10.3 Å². The fraction of sp³-hybridized carbons (Fsp3) is 0.238. The van der Waals surface area contributed by atoms with Gasteiger partial charge in [0, 0.05) is 6.42 Å². The number of hydrogen-bond acceptors (Lipinski definition) is 8. The van der Waals surface area contributed by atoms with E-state index in [0.29, 0.717) is 11.4 Å². The minimum Gasteiger partial charge on any atom is -0.494 e. The molecule has 0 aromatic heterocycles. The number of ether oxygens (including phenoxy) is 2. The zero-order valence-corrected chi connectivity index (χ0v) is 20.9. The van der Waals surface area contributed by atoms with E-state index >= 15 is 0 Å². The van der Waals surface area contributed by atoms with Gasteiger partial charge in [-0.2, -0.15) is 0 Å². The van der Waals surface area contributed by atoms with E-state index in [-0.39, 0.29) is 49.1 Å². The summed E-state index contributed by atoms with van der Waals surface area (Å²) in [6, 6.07) is 5.85. The molecule has 0 N–H and O–H groups in total. The minimum atomic E-state index is -0.859. The van der Waals surface area contributed by atoms with Gasteiger partial charge in [0.1, 0.15) is 11.1 Å². The topological polar surface area (TPSA) is 95.8 Å². The summed E-state index contributed by atoms with van der Waals surface area (Å²) in [5, 5.41) is 8.07. The lowest BCUT2D eigenvalue weighted by molar-refractivity contribution is 0.0506. The summed E-state index contributed by atoms with van der Waals surface area (Å²) >= 11 is 24.1. The molecule has 0 aliphatic rings. The lowest BCUT2D eigenvalue weighted by atomic mass is 10.2. The number of halogens is 4. The van der Waals surface area contributed by atoms with Gasteiger partial charge in [-0.1, -0.05) is 56.7 Å². The van der Waals surface area contributed by atoms with Crippen LogP contribution in [0, 0.1) is 0 Å². The first kappa shape index (κ1) is 26.7. The third kappa shape index (κ3) is 6.74. The van der Waals surface area contributed by atoms with Crippen LogP contribution < -0.4 is 9.47 Å². The van der Waals surface area contributed by atoms with Crippen molar-refractivity contribution in [3.8, 4) is 11.5 Å². The van der Waals surface area contributed by atoms with Crippen LogP contribution in [0.4, 0.5) is 0 Å². The Labute approximate surface area is 209 Å². The molecule has 0 amide bonds. The first-order chi connectivity index (χ1) is 15.6. The average Bonchev–Trinajstić information content (AvgIpc) is 2.78. The Morgan fingerprint density at radius 1 is 0.697 bits per heavy atom. The van der Waals surface area contributed by atoms with Gasteiger partial charge in [0.25, 0.3) is 0 Å². The number of hydrogen-bond donors (Lipinski definition) is 0. The molecule has 0 unspecified atom stereocenters. The smallest absolute Gasteiger partial charge is 0.371 e. The number of oxime groups is 2. The number of methoxy groups -OCH3 is 2. The number of rotatable bonds is 8. The van der Waals surface area contributed by atoms with Gasteiger partial charge in [0.2, 0.25) is 0 Å². The molecule has 0 aliphatic heterocycles. The van der Waals surface area contributed by atoms with Crippen LogP contribution in [-0.2, 0) is 9.68 Å². The molecule has 0 bridgehead atoms. The standard InChI is InChI=1S/C21H18Cl4N2O6/c1-10(26-32-20(28)16-12(22)5-7-14(24)18(16)30-3)9-11(2)27-33-21(29)17-13(23)6-8-15(25)19(17)31-4/h5-8H,9H2,1-4H3/b26-10+,27-11+. The van der Waals surface area contributed by atoms with E-state index in [4.69, 9.17) is 65.6 Å². The molecule has 0 atom stereocenters. The molecule has 0 saturated heterocycles. The predicted octanol–water partition coefficient (Wildman–Crippen LogP) is 6.47. The van der Waals surface area contributed by atoms with E-state index in [1.54, 1.807) is 13.8 Å². The minimum absolute atomic E-state index is 0.0603. The molecule has 0 heterocycles. The van der Waals surface area contributed by atoms with Crippen LogP contribution in [0.15, 0.2) is 34.6 Å². The predicted molar refractivity (Wildman–Crippen MR) is 128 cm³/mol. The Morgan fingerprint density at radius 3 is 1.36 bits per heavy atom. The van der Waals surface area contributed by atoms with Gasteiger partial charge < -0.3 is 19.1 Å². The number of nitrogens with zero attached hydrogens (tertiary/aromatic N) is 2. The first-order valence-electron chi connectivity index (χ1n) is 9.14. The molecular weight excluding hydrogens is 518 g/mol. The second kappa shape index (κ2) is 12.1. The van der Waals surface area contributed by atoms with Crippen LogP contribution in [0.1, 0.15) is 41.0 Å². The van der Waals surface area contributed by atoms with E-state index in [1.807, 2.05) is 0 Å². The number of carbonyl (C=O) groups excluding carboxylic acids is 2. The van der Waals surface area contributed by atoms with E-state index in [1.165, 1.54) is 38.5 Å². The zero-order chi connectivity index (χ0) is 24.7. The summed E-state index contributed by atoms with van der Waals surface area (Å²) < 4.78 is 10.2. The van der Waals surface area contributed by atoms with Crippen molar-refractivity contribution in [2.75, 3.05) is 14.2 Å². The summed E-state index contributed by atoms with van der Waals surface area (Å²) in [5.41, 5.74) is 0.594. The maximum absolute atomic E-state index is 12.4. The van der Waals surface area contributed by atoms with Gasteiger partial charge in [0.05, 0.1) is 45.7 Å². The third-order valence-corrected chi connectivity index (χ3v) is 5.24. The maximum Gasteiger partial charge on any atom is 0.371 e. The monoisotopic (exact) mass is 534 g/mol. The maximum atomic E-state index is 12.4. The largest absolute Gasteiger partial charge is 0.494 e. The highest BCUT2D eigenvalue weighted by Gasteiger charge is 2.22. The van der Waals surface area contributed by atoms with Crippen LogP contribution in [0.2, 0.25) is 20.1 Å². The van der Waals surface area contributed by atoms with Crippen LogP contribution in [0.5, 0.6) is 11.5 Å². The van der Waals surface area contributed by atoms with Gasteiger partial charge in [-0.3, -0.25) is 0 Å². The molecule has 0 aliphatic carbocycles. The molecule has 176 valence electrons. The highest BCUT2D eigenvalue weighted by atomic mass is 35.5. The third-order valence-electron chi connectivity index (χ3n) is 4.01. The molecule has 2 rings (SSSR count). The molecule has 8 nitrogen and oxygen atoms in total. The van der Waals surface area contributed by atoms with Gasteiger partial charge in [-0.25, -0.2) is 9.59 Å². The highest BCUT2D eigenvalue weighted by molar-refractivity contribution is 6.37. The molecule has 33 heavy (non-hydrogen) atoms. The Morgan fingerprint density at radius 2 is 1.03 bits per heavy atom. The van der Waals surface area contributed by atoms with E-state index < -0.39 is 11.9 Å². The molecule has 0 spiro atoms. The van der Waals surface area contributed by atoms with Crippen LogP contribution in [0.3, 0.4) is 0 Å². The summed E-state index contributed by atoms with van der Waals surface area (Å²) in [4.78, 5) is 34.7. The molecular formula is C21H18Cl4N2O6.